The molecule has 1 N–H and O–H groups in total. The molecule has 0 aliphatic heterocycles. The van der Waals surface area contributed by atoms with E-state index in [4.69, 9.17) is 11.6 Å². The summed E-state index contributed by atoms with van der Waals surface area (Å²) in [5, 5.41) is 10.1. The van der Waals surface area contributed by atoms with Crippen molar-refractivity contribution in [2.75, 3.05) is 5.88 Å². The SMILES string of the molecule is CC(CCCl)c1c[nH]nn1. The van der Waals surface area contributed by atoms with Gasteiger partial charge in [0.15, 0.2) is 0 Å². The molecule has 0 aliphatic carbocycles. The van der Waals surface area contributed by atoms with E-state index < -0.39 is 0 Å². The van der Waals surface area contributed by atoms with Crippen LogP contribution in [0.4, 0.5) is 0 Å². The highest BCUT2D eigenvalue weighted by molar-refractivity contribution is 6.17. The Balaban J connectivity index is 2.50. The number of hydrogen-bond donors (Lipinski definition) is 1. The topological polar surface area (TPSA) is 41.6 Å². The van der Waals surface area contributed by atoms with Crippen molar-refractivity contribution in [2.24, 2.45) is 0 Å². The molecule has 1 heterocycles. The average molecular weight is 160 g/mol. The van der Waals surface area contributed by atoms with Crippen molar-refractivity contribution in [1.82, 2.24) is 15.4 Å². The van der Waals surface area contributed by atoms with Crippen LogP contribution < -0.4 is 0 Å². The van der Waals surface area contributed by atoms with E-state index in [0.717, 1.165) is 12.1 Å². The van der Waals surface area contributed by atoms with Crippen molar-refractivity contribution in [2.45, 2.75) is 19.3 Å². The lowest BCUT2D eigenvalue weighted by Gasteiger charge is -2.02. The molecular formula is C6H10ClN3. The molecule has 0 saturated heterocycles. The first-order valence-electron chi connectivity index (χ1n) is 3.27. The van der Waals surface area contributed by atoms with Gasteiger partial charge in [0.05, 0.1) is 5.69 Å². The lowest BCUT2D eigenvalue weighted by atomic mass is 10.1. The Morgan fingerprint density at radius 3 is 3.10 bits per heavy atom. The highest BCUT2D eigenvalue weighted by atomic mass is 35.5. The standard InChI is InChI=1S/C6H10ClN3/c1-5(2-3-7)6-4-8-10-9-6/h4-5H,2-3H2,1H3,(H,8,9,10). The molecule has 3 nitrogen and oxygen atoms in total. The molecule has 0 radical (unpaired) electrons. The molecule has 0 bridgehead atoms. The minimum atomic E-state index is 0.413. The second-order valence-corrected chi connectivity index (χ2v) is 2.65. The van der Waals surface area contributed by atoms with Crippen molar-refractivity contribution in [3.8, 4) is 0 Å². The van der Waals surface area contributed by atoms with Gasteiger partial charge in [-0.3, -0.25) is 5.10 Å². The summed E-state index contributed by atoms with van der Waals surface area (Å²) in [6.07, 6.45) is 2.76. The zero-order chi connectivity index (χ0) is 7.40. The van der Waals surface area contributed by atoms with E-state index in [0.29, 0.717) is 11.8 Å². The Morgan fingerprint density at radius 1 is 1.80 bits per heavy atom. The molecule has 1 atom stereocenters. The minimum Gasteiger partial charge on any atom is -0.265 e. The summed E-state index contributed by atoms with van der Waals surface area (Å²) < 4.78 is 0. The van der Waals surface area contributed by atoms with Gasteiger partial charge in [-0.2, -0.15) is 0 Å². The smallest absolute Gasteiger partial charge is 0.0852 e. The maximum Gasteiger partial charge on any atom is 0.0852 e. The van der Waals surface area contributed by atoms with Gasteiger partial charge in [-0.1, -0.05) is 12.1 Å². The number of hydrogen-bond acceptors (Lipinski definition) is 2. The fraction of sp³-hybridized carbons (Fsp3) is 0.667. The molecule has 56 valence electrons. The molecule has 0 amide bonds. The van der Waals surface area contributed by atoms with Crippen LogP contribution in [0.15, 0.2) is 6.20 Å². The van der Waals surface area contributed by atoms with Crippen LogP contribution in [0.3, 0.4) is 0 Å². The molecule has 1 unspecified atom stereocenters. The highest BCUT2D eigenvalue weighted by Gasteiger charge is 2.05. The fourth-order valence-corrected chi connectivity index (χ4v) is 1.09. The molecule has 0 spiro atoms. The summed E-state index contributed by atoms with van der Waals surface area (Å²) in [4.78, 5) is 0. The summed E-state index contributed by atoms with van der Waals surface area (Å²) in [5.41, 5.74) is 0.987. The van der Waals surface area contributed by atoms with Crippen LogP contribution in [-0.4, -0.2) is 21.3 Å². The largest absolute Gasteiger partial charge is 0.265 e. The van der Waals surface area contributed by atoms with Crippen LogP contribution in [0.2, 0.25) is 0 Å². The van der Waals surface area contributed by atoms with Gasteiger partial charge in [0.25, 0.3) is 0 Å². The van der Waals surface area contributed by atoms with Crippen molar-refractivity contribution >= 4 is 11.6 Å². The van der Waals surface area contributed by atoms with Gasteiger partial charge in [-0.25, -0.2) is 0 Å². The van der Waals surface area contributed by atoms with E-state index in [-0.39, 0.29) is 0 Å². The Kier molecular flexibility index (Phi) is 2.68. The third kappa shape index (κ3) is 1.70. The number of rotatable bonds is 3. The first-order valence-corrected chi connectivity index (χ1v) is 3.80. The fourth-order valence-electron chi connectivity index (χ4n) is 0.763. The second-order valence-electron chi connectivity index (χ2n) is 2.28. The van der Waals surface area contributed by atoms with Gasteiger partial charge in [-0.05, 0) is 6.42 Å². The number of aromatic nitrogens is 3. The van der Waals surface area contributed by atoms with Crippen LogP contribution in [0, 0.1) is 0 Å². The number of alkyl halides is 1. The van der Waals surface area contributed by atoms with E-state index in [9.17, 15) is 0 Å². The van der Waals surface area contributed by atoms with Crippen molar-refractivity contribution < 1.29 is 0 Å². The van der Waals surface area contributed by atoms with Gasteiger partial charge < -0.3 is 0 Å². The molecule has 10 heavy (non-hydrogen) atoms. The van der Waals surface area contributed by atoms with Gasteiger partial charge in [-0.15, -0.1) is 16.7 Å². The molecule has 4 heteroatoms. The molecule has 1 aromatic rings. The number of aromatic amines is 1. The van der Waals surface area contributed by atoms with E-state index in [1.54, 1.807) is 6.20 Å². The molecular weight excluding hydrogens is 150 g/mol. The monoisotopic (exact) mass is 159 g/mol. The number of H-pyrrole nitrogens is 1. The Morgan fingerprint density at radius 2 is 2.60 bits per heavy atom. The summed E-state index contributed by atoms with van der Waals surface area (Å²) in [7, 11) is 0. The Hall–Kier alpha value is -0.570. The van der Waals surface area contributed by atoms with Crippen molar-refractivity contribution in [3.05, 3.63) is 11.9 Å². The van der Waals surface area contributed by atoms with E-state index in [1.807, 2.05) is 0 Å². The maximum atomic E-state index is 5.55. The molecule has 1 aromatic heterocycles. The predicted molar refractivity (Wildman–Crippen MR) is 40.1 cm³/mol. The van der Waals surface area contributed by atoms with Gasteiger partial charge in [0.2, 0.25) is 0 Å². The lowest BCUT2D eigenvalue weighted by molar-refractivity contribution is 0.706. The Labute approximate surface area is 64.8 Å². The van der Waals surface area contributed by atoms with Gasteiger partial charge in [0, 0.05) is 18.0 Å². The third-order valence-corrected chi connectivity index (χ3v) is 1.70. The van der Waals surface area contributed by atoms with Gasteiger partial charge in [0.1, 0.15) is 0 Å². The van der Waals surface area contributed by atoms with E-state index >= 15 is 0 Å². The minimum absolute atomic E-state index is 0.413. The summed E-state index contributed by atoms with van der Waals surface area (Å²) in [6, 6.07) is 0. The zero-order valence-electron chi connectivity index (χ0n) is 5.84. The lowest BCUT2D eigenvalue weighted by Crippen LogP contribution is -1.94. The van der Waals surface area contributed by atoms with Gasteiger partial charge >= 0.3 is 0 Å². The maximum absolute atomic E-state index is 5.55. The Bertz CT molecular complexity index is 173. The molecule has 0 aliphatic rings. The van der Waals surface area contributed by atoms with E-state index in [1.165, 1.54) is 0 Å². The quantitative estimate of drug-likeness (QED) is 0.680. The third-order valence-electron chi connectivity index (χ3n) is 1.48. The number of nitrogens with zero attached hydrogens (tertiary/aromatic N) is 2. The van der Waals surface area contributed by atoms with Crippen molar-refractivity contribution in [1.29, 1.82) is 0 Å². The van der Waals surface area contributed by atoms with Crippen LogP contribution in [0.1, 0.15) is 25.0 Å². The molecule has 0 saturated carbocycles. The first kappa shape index (κ1) is 7.54. The van der Waals surface area contributed by atoms with Crippen LogP contribution >= 0.6 is 11.6 Å². The predicted octanol–water partition coefficient (Wildman–Crippen LogP) is 1.54. The summed E-state index contributed by atoms with van der Waals surface area (Å²) in [5.74, 6) is 1.09. The first-order chi connectivity index (χ1) is 4.84. The summed E-state index contributed by atoms with van der Waals surface area (Å²) in [6.45, 7) is 2.08. The van der Waals surface area contributed by atoms with Crippen LogP contribution in [0.5, 0.6) is 0 Å². The zero-order valence-corrected chi connectivity index (χ0v) is 6.60. The van der Waals surface area contributed by atoms with Crippen molar-refractivity contribution in [3.63, 3.8) is 0 Å². The summed E-state index contributed by atoms with van der Waals surface area (Å²) >= 11 is 5.55. The normalized spacial score (nSPS) is 13.4. The van der Waals surface area contributed by atoms with E-state index in [2.05, 4.69) is 22.3 Å². The van der Waals surface area contributed by atoms with Crippen LogP contribution in [0.25, 0.3) is 0 Å². The number of halogens is 1. The highest BCUT2D eigenvalue weighted by Crippen LogP contribution is 2.14. The molecule has 1 rings (SSSR count). The second kappa shape index (κ2) is 3.56. The molecule has 0 aromatic carbocycles. The average Bonchev–Trinajstić information content (AvgIpc) is 2.38. The number of nitrogens with one attached hydrogen (secondary N) is 1. The molecule has 0 fully saturated rings. The van der Waals surface area contributed by atoms with Crippen LogP contribution in [-0.2, 0) is 0 Å².